The van der Waals surface area contributed by atoms with Crippen LogP contribution in [0.4, 0.5) is 0 Å². The van der Waals surface area contributed by atoms with Crippen LogP contribution < -0.4 is 5.32 Å². The molecule has 0 aliphatic carbocycles. The van der Waals surface area contributed by atoms with E-state index in [1.807, 2.05) is 33.8 Å². The topological polar surface area (TPSA) is 24.4 Å². The van der Waals surface area contributed by atoms with E-state index >= 15 is 0 Å². The van der Waals surface area contributed by atoms with Gasteiger partial charge in [0.25, 0.3) is 0 Å². The summed E-state index contributed by atoms with van der Waals surface area (Å²) >= 11 is 0. The molecule has 2 nitrogen and oxygen atoms in total. The van der Waals surface area contributed by atoms with Crippen LogP contribution in [0.25, 0.3) is 0 Å². The molecule has 0 saturated heterocycles. The first-order chi connectivity index (χ1) is 6.88. The lowest BCUT2D eigenvalue weighted by Crippen LogP contribution is -2.19. The molecule has 1 N–H and O–H groups in total. The van der Waals surface area contributed by atoms with Gasteiger partial charge in [-0.15, -0.1) is 0 Å². The number of hydrogen-bond donors (Lipinski definition) is 1. The summed E-state index contributed by atoms with van der Waals surface area (Å²) < 4.78 is 0. The zero-order chi connectivity index (χ0) is 11.4. The molecule has 0 aromatic rings. The van der Waals surface area contributed by atoms with Crippen LogP contribution in [0.15, 0.2) is 29.0 Å². The fourth-order valence-electron chi connectivity index (χ4n) is 1.07. The van der Waals surface area contributed by atoms with Crippen molar-refractivity contribution >= 4 is 6.72 Å². The van der Waals surface area contributed by atoms with Crippen molar-refractivity contribution < 1.29 is 0 Å². The predicted octanol–water partition coefficient (Wildman–Crippen LogP) is 3.52. The van der Waals surface area contributed by atoms with Crippen molar-refractivity contribution in [2.75, 3.05) is 6.54 Å². The number of allylic oxidation sites excluding steroid dienone is 2. The molecule has 0 saturated carbocycles. The quantitative estimate of drug-likeness (QED) is 0.671. The summed E-state index contributed by atoms with van der Waals surface area (Å²) in [4.78, 5) is 3.85. The molecule has 0 bridgehead atoms. The second kappa shape index (κ2) is 11.9. The van der Waals surface area contributed by atoms with Crippen LogP contribution in [-0.2, 0) is 0 Å². The van der Waals surface area contributed by atoms with Crippen molar-refractivity contribution in [2.45, 2.75) is 40.5 Å². The number of nitrogens with one attached hydrogen (secondary N) is 1. The van der Waals surface area contributed by atoms with E-state index in [9.17, 15) is 0 Å². The van der Waals surface area contributed by atoms with Crippen LogP contribution in [0, 0.1) is 0 Å². The molecule has 14 heavy (non-hydrogen) atoms. The maximum absolute atomic E-state index is 3.85. The van der Waals surface area contributed by atoms with E-state index in [1.165, 1.54) is 12.0 Å². The first-order valence-corrected chi connectivity index (χ1v) is 5.44. The molecule has 0 radical (unpaired) electrons. The van der Waals surface area contributed by atoms with Crippen molar-refractivity contribution in [3.63, 3.8) is 0 Å². The van der Waals surface area contributed by atoms with E-state index < -0.39 is 0 Å². The molecular formula is C12H24N2. The Labute approximate surface area is 88.8 Å². The third-order valence-electron chi connectivity index (χ3n) is 1.62. The zero-order valence-electron chi connectivity index (χ0n) is 10.1. The first kappa shape index (κ1) is 15.4. The lowest BCUT2D eigenvalue weighted by molar-refractivity contribution is 0.666. The highest BCUT2D eigenvalue weighted by atomic mass is 15.0. The summed E-state index contributed by atoms with van der Waals surface area (Å²) in [6.45, 7) is 16.2. The third-order valence-corrected chi connectivity index (χ3v) is 1.62. The summed E-state index contributed by atoms with van der Waals surface area (Å²) in [5.41, 5.74) is 1.18. The Hall–Kier alpha value is -1.05. The smallest absolute Gasteiger partial charge is 0.128 e. The van der Waals surface area contributed by atoms with Gasteiger partial charge in [0.15, 0.2) is 0 Å². The van der Waals surface area contributed by atoms with E-state index in [4.69, 9.17) is 0 Å². The van der Waals surface area contributed by atoms with Crippen LogP contribution in [0.3, 0.4) is 0 Å². The lowest BCUT2D eigenvalue weighted by atomic mass is 10.1. The molecule has 0 aromatic carbocycles. The third kappa shape index (κ3) is 5.57. The van der Waals surface area contributed by atoms with Gasteiger partial charge in [-0.1, -0.05) is 40.3 Å². The van der Waals surface area contributed by atoms with Crippen molar-refractivity contribution in [1.82, 2.24) is 5.32 Å². The normalized spacial score (nSPS) is 13.7. The SMILES string of the molecule is C=CC1=C(N=C)NCCC1.CC.CC. The Bertz CT molecular complexity index is 161. The molecule has 0 atom stereocenters. The molecule has 82 valence electrons. The molecule has 1 aliphatic heterocycles. The fourth-order valence-corrected chi connectivity index (χ4v) is 1.07. The highest BCUT2D eigenvalue weighted by molar-refractivity contribution is 5.34. The van der Waals surface area contributed by atoms with E-state index in [0.29, 0.717) is 0 Å². The molecule has 0 amide bonds. The minimum atomic E-state index is 0.904. The lowest BCUT2D eigenvalue weighted by Gasteiger charge is -2.15. The second-order valence-corrected chi connectivity index (χ2v) is 2.27. The van der Waals surface area contributed by atoms with Gasteiger partial charge < -0.3 is 5.32 Å². The molecule has 0 spiro atoms. The average molecular weight is 196 g/mol. The van der Waals surface area contributed by atoms with Gasteiger partial charge >= 0.3 is 0 Å². The van der Waals surface area contributed by atoms with E-state index in [-0.39, 0.29) is 0 Å². The molecule has 0 aromatic heterocycles. The fraction of sp³-hybridized carbons (Fsp3) is 0.583. The van der Waals surface area contributed by atoms with Crippen molar-refractivity contribution in [3.05, 3.63) is 24.0 Å². The molecule has 0 unspecified atom stereocenters. The highest BCUT2D eigenvalue weighted by Gasteiger charge is 2.06. The summed E-state index contributed by atoms with van der Waals surface area (Å²) in [7, 11) is 0. The van der Waals surface area contributed by atoms with Gasteiger partial charge in [0.2, 0.25) is 0 Å². The van der Waals surface area contributed by atoms with Crippen LogP contribution in [0.1, 0.15) is 40.5 Å². The molecule has 0 fully saturated rings. The van der Waals surface area contributed by atoms with Gasteiger partial charge in [0, 0.05) is 6.54 Å². The number of hydrogen-bond acceptors (Lipinski definition) is 2. The minimum Gasteiger partial charge on any atom is -0.370 e. The average Bonchev–Trinajstić information content (AvgIpc) is 2.34. The molecule has 2 heteroatoms. The van der Waals surface area contributed by atoms with Crippen LogP contribution in [0.5, 0.6) is 0 Å². The van der Waals surface area contributed by atoms with Gasteiger partial charge in [0.1, 0.15) is 5.82 Å². The minimum absolute atomic E-state index is 0.904. The Morgan fingerprint density at radius 3 is 2.21 bits per heavy atom. The summed E-state index contributed by atoms with van der Waals surface area (Å²) in [6.07, 6.45) is 4.08. The van der Waals surface area contributed by atoms with E-state index in [0.717, 1.165) is 18.8 Å². The summed E-state index contributed by atoms with van der Waals surface area (Å²) in [5, 5.41) is 3.15. The maximum Gasteiger partial charge on any atom is 0.128 e. The standard InChI is InChI=1S/C8H12N2.2C2H6/c1-3-7-5-4-6-10-8(7)9-2;2*1-2/h3,10H,1-2,4-6H2;2*1-2H3. The highest BCUT2D eigenvalue weighted by Crippen LogP contribution is 2.14. The Balaban J connectivity index is 0. The molecule has 1 rings (SSSR count). The van der Waals surface area contributed by atoms with Crippen molar-refractivity contribution in [3.8, 4) is 0 Å². The summed E-state index contributed by atoms with van der Waals surface area (Å²) in [5.74, 6) is 0.904. The van der Waals surface area contributed by atoms with Crippen molar-refractivity contribution in [2.24, 2.45) is 4.99 Å². The van der Waals surface area contributed by atoms with Crippen LogP contribution in [0.2, 0.25) is 0 Å². The number of nitrogens with zero attached hydrogens (tertiary/aromatic N) is 1. The van der Waals surface area contributed by atoms with Gasteiger partial charge in [-0.25, -0.2) is 4.99 Å². The molecule has 1 aliphatic rings. The predicted molar refractivity (Wildman–Crippen MR) is 66.7 cm³/mol. The Kier molecular flexibility index (Phi) is 13.2. The largest absolute Gasteiger partial charge is 0.370 e. The number of aliphatic imine (C=N–C) groups is 1. The maximum atomic E-state index is 3.85. The van der Waals surface area contributed by atoms with E-state index in [1.54, 1.807) is 0 Å². The zero-order valence-corrected chi connectivity index (χ0v) is 10.1. The second-order valence-electron chi connectivity index (χ2n) is 2.27. The van der Waals surface area contributed by atoms with Gasteiger partial charge in [0.05, 0.1) is 0 Å². The van der Waals surface area contributed by atoms with Crippen LogP contribution in [-0.4, -0.2) is 13.3 Å². The van der Waals surface area contributed by atoms with E-state index in [2.05, 4.69) is 23.6 Å². The van der Waals surface area contributed by atoms with Gasteiger partial charge in [-0.3, -0.25) is 0 Å². The van der Waals surface area contributed by atoms with Gasteiger partial charge in [-0.05, 0) is 25.1 Å². The monoisotopic (exact) mass is 196 g/mol. The summed E-state index contributed by atoms with van der Waals surface area (Å²) in [6, 6.07) is 0. The Morgan fingerprint density at radius 2 is 1.86 bits per heavy atom. The van der Waals surface area contributed by atoms with Crippen molar-refractivity contribution in [1.29, 1.82) is 0 Å². The first-order valence-electron chi connectivity index (χ1n) is 5.44. The molecule has 1 heterocycles. The van der Waals surface area contributed by atoms with Crippen LogP contribution >= 0.6 is 0 Å². The number of rotatable bonds is 2. The Morgan fingerprint density at radius 1 is 1.29 bits per heavy atom. The molecular weight excluding hydrogens is 172 g/mol. The van der Waals surface area contributed by atoms with Gasteiger partial charge in [-0.2, -0.15) is 0 Å².